The van der Waals surface area contributed by atoms with Gasteiger partial charge in [-0.15, -0.1) is 0 Å². The lowest BCUT2D eigenvalue weighted by Crippen LogP contribution is -2.46. The van der Waals surface area contributed by atoms with Crippen molar-refractivity contribution in [1.82, 2.24) is 10.3 Å². The van der Waals surface area contributed by atoms with Crippen LogP contribution in [0.3, 0.4) is 0 Å². The molecule has 0 saturated carbocycles. The summed E-state index contributed by atoms with van der Waals surface area (Å²) < 4.78 is 0. The van der Waals surface area contributed by atoms with E-state index in [-0.39, 0.29) is 11.3 Å². The molecule has 1 aromatic heterocycles. The molecule has 0 radical (unpaired) electrons. The second-order valence-corrected chi connectivity index (χ2v) is 5.71. The molecule has 1 aliphatic heterocycles. The topological polar surface area (TPSA) is 54.0 Å². The molecule has 1 unspecified atom stereocenters. The first-order chi connectivity index (χ1) is 9.67. The van der Waals surface area contributed by atoms with Crippen LogP contribution >= 0.6 is 0 Å². The van der Waals surface area contributed by atoms with Crippen LogP contribution in [0.25, 0.3) is 10.9 Å². The Morgan fingerprint density at radius 1 is 1.40 bits per heavy atom. The number of carbonyl (C=O) groups is 1. The third-order valence-electron chi connectivity index (χ3n) is 4.01. The maximum absolute atomic E-state index is 12.5. The van der Waals surface area contributed by atoms with Crippen molar-refractivity contribution in [2.75, 3.05) is 18.4 Å². The number of hydrogen-bond acceptors (Lipinski definition) is 3. The molecule has 1 aromatic carbocycles. The van der Waals surface area contributed by atoms with Gasteiger partial charge in [-0.2, -0.15) is 0 Å². The first kappa shape index (κ1) is 13.1. The summed E-state index contributed by atoms with van der Waals surface area (Å²) in [6, 6.07) is 9.72. The number of pyridine rings is 1. The number of amides is 1. The maximum Gasteiger partial charge on any atom is 0.231 e. The molecule has 1 aliphatic rings. The molecular weight excluding hydrogens is 250 g/mol. The molecule has 2 aromatic rings. The van der Waals surface area contributed by atoms with E-state index in [9.17, 15) is 4.79 Å². The quantitative estimate of drug-likeness (QED) is 0.881. The highest BCUT2D eigenvalue weighted by Gasteiger charge is 2.34. The summed E-state index contributed by atoms with van der Waals surface area (Å²) in [5.41, 5.74) is 1.46. The van der Waals surface area contributed by atoms with Crippen LogP contribution in [0.15, 0.2) is 36.5 Å². The Morgan fingerprint density at radius 2 is 2.30 bits per heavy atom. The van der Waals surface area contributed by atoms with Crippen LogP contribution in [-0.4, -0.2) is 24.0 Å². The van der Waals surface area contributed by atoms with E-state index in [1.165, 1.54) is 0 Å². The van der Waals surface area contributed by atoms with E-state index in [0.717, 1.165) is 42.5 Å². The average molecular weight is 269 g/mol. The SMILES string of the molecule is CC1(C(=O)Nc2ccc3ncccc3c2)CCCNC1. The molecule has 4 heteroatoms. The lowest BCUT2D eigenvalue weighted by Gasteiger charge is -2.32. The van der Waals surface area contributed by atoms with Gasteiger partial charge >= 0.3 is 0 Å². The van der Waals surface area contributed by atoms with Crippen LogP contribution in [0.4, 0.5) is 5.69 Å². The molecular formula is C16H19N3O. The number of anilines is 1. The molecule has 4 nitrogen and oxygen atoms in total. The molecule has 3 rings (SSSR count). The number of aromatic nitrogens is 1. The van der Waals surface area contributed by atoms with Crippen molar-refractivity contribution in [2.24, 2.45) is 5.41 Å². The molecule has 0 bridgehead atoms. The molecule has 1 atom stereocenters. The molecule has 104 valence electrons. The molecule has 1 fully saturated rings. The zero-order chi connectivity index (χ0) is 14.0. The van der Waals surface area contributed by atoms with Crippen LogP contribution in [-0.2, 0) is 4.79 Å². The zero-order valence-electron chi connectivity index (χ0n) is 11.6. The lowest BCUT2D eigenvalue weighted by atomic mass is 9.82. The maximum atomic E-state index is 12.5. The zero-order valence-corrected chi connectivity index (χ0v) is 11.6. The fraction of sp³-hybridized carbons (Fsp3) is 0.375. The van der Waals surface area contributed by atoms with Crippen molar-refractivity contribution >= 4 is 22.5 Å². The summed E-state index contributed by atoms with van der Waals surface area (Å²) >= 11 is 0. The summed E-state index contributed by atoms with van der Waals surface area (Å²) in [6.07, 6.45) is 3.75. The summed E-state index contributed by atoms with van der Waals surface area (Å²) in [6.45, 7) is 3.77. The van der Waals surface area contributed by atoms with E-state index in [2.05, 4.69) is 15.6 Å². The van der Waals surface area contributed by atoms with Crippen LogP contribution in [0, 0.1) is 5.41 Å². The van der Waals surface area contributed by atoms with E-state index in [0.29, 0.717) is 0 Å². The highest BCUT2D eigenvalue weighted by atomic mass is 16.2. The predicted octanol–water partition coefficient (Wildman–Crippen LogP) is 2.56. The fourth-order valence-electron chi connectivity index (χ4n) is 2.69. The van der Waals surface area contributed by atoms with Gasteiger partial charge in [0.05, 0.1) is 10.9 Å². The van der Waals surface area contributed by atoms with Gasteiger partial charge in [0.15, 0.2) is 0 Å². The summed E-state index contributed by atoms with van der Waals surface area (Å²) in [5.74, 6) is 0.0907. The van der Waals surface area contributed by atoms with Crippen molar-refractivity contribution in [3.63, 3.8) is 0 Å². The van der Waals surface area contributed by atoms with Crippen LogP contribution < -0.4 is 10.6 Å². The Labute approximate surface area is 118 Å². The first-order valence-electron chi connectivity index (χ1n) is 7.04. The van der Waals surface area contributed by atoms with Crippen molar-refractivity contribution in [3.8, 4) is 0 Å². The normalized spacial score (nSPS) is 22.6. The van der Waals surface area contributed by atoms with Crippen molar-refractivity contribution in [1.29, 1.82) is 0 Å². The number of hydrogen-bond donors (Lipinski definition) is 2. The summed E-state index contributed by atoms with van der Waals surface area (Å²) in [7, 11) is 0. The predicted molar refractivity (Wildman–Crippen MR) is 80.6 cm³/mol. The Kier molecular flexibility index (Phi) is 3.40. The van der Waals surface area contributed by atoms with Gasteiger partial charge in [0.25, 0.3) is 0 Å². The molecule has 1 saturated heterocycles. The average Bonchev–Trinajstić information content (AvgIpc) is 2.48. The van der Waals surface area contributed by atoms with Gasteiger partial charge in [-0.3, -0.25) is 9.78 Å². The monoisotopic (exact) mass is 269 g/mol. The van der Waals surface area contributed by atoms with Gasteiger partial charge in [0.2, 0.25) is 5.91 Å². The number of piperidine rings is 1. The standard InChI is InChI=1S/C16H19N3O/c1-16(7-3-8-17-11-16)15(20)19-13-5-6-14-12(10-13)4-2-9-18-14/h2,4-6,9-10,17H,3,7-8,11H2,1H3,(H,19,20). The van der Waals surface area contributed by atoms with E-state index in [4.69, 9.17) is 0 Å². The van der Waals surface area contributed by atoms with Crippen LogP contribution in [0.5, 0.6) is 0 Å². The van der Waals surface area contributed by atoms with Crippen molar-refractivity contribution < 1.29 is 4.79 Å². The van der Waals surface area contributed by atoms with Crippen LogP contribution in [0.1, 0.15) is 19.8 Å². The van der Waals surface area contributed by atoms with Gasteiger partial charge in [0, 0.05) is 23.8 Å². The minimum absolute atomic E-state index is 0.0907. The van der Waals surface area contributed by atoms with Gasteiger partial charge in [-0.25, -0.2) is 0 Å². The number of nitrogens with one attached hydrogen (secondary N) is 2. The number of fused-ring (bicyclic) bond motifs is 1. The van der Waals surface area contributed by atoms with Gasteiger partial charge in [-0.1, -0.05) is 6.07 Å². The number of nitrogens with zero attached hydrogens (tertiary/aromatic N) is 1. The second-order valence-electron chi connectivity index (χ2n) is 5.71. The third kappa shape index (κ3) is 2.51. The second kappa shape index (κ2) is 5.21. The Bertz CT molecular complexity index is 632. The highest BCUT2D eigenvalue weighted by Crippen LogP contribution is 2.27. The Balaban J connectivity index is 1.80. The summed E-state index contributed by atoms with van der Waals surface area (Å²) in [5, 5.41) is 7.38. The molecule has 20 heavy (non-hydrogen) atoms. The van der Waals surface area contributed by atoms with E-state index < -0.39 is 0 Å². The van der Waals surface area contributed by atoms with Gasteiger partial charge in [-0.05, 0) is 50.6 Å². The Morgan fingerprint density at radius 3 is 3.10 bits per heavy atom. The van der Waals surface area contributed by atoms with Gasteiger partial charge < -0.3 is 10.6 Å². The fourth-order valence-corrected chi connectivity index (χ4v) is 2.69. The van der Waals surface area contributed by atoms with Gasteiger partial charge in [0.1, 0.15) is 0 Å². The minimum Gasteiger partial charge on any atom is -0.326 e. The molecule has 2 heterocycles. The van der Waals surface area contributed by atoms with E-state index in [1.807, 2.05) is 37.3 Å². The minimum atomic E-state index is -0.317. The number of carbonyl (C=O) groups excluding carboxylic acids is 1. The number of rotatable bonds is 2. The number of benzene rings is 1. The Hall–Kier alpha value is -1.94. The van der Waals surface area contributed by atoms with Crippen molar-refractivity contribution in [2.45, 2.75) is 19.8 Å². The first-order valence-corrected chi connectivity index (χ1v) is 7.04. The van der Waals surface area contributed by atoms with E-state index in [1.54, 1.807) is 6.20 Å². The molecule has 1 amide bonds. The molecule has 0 aliphatic carbocycles. The largest absolute Gasteiger partial charge is 0.326 e. The third-order valence-corrected chi connectivity index (χ3v) is 4.01. The highest BCUT2D eigenvalue weighted by molar-refractivity contribution is 5.97. The molecule has 0 spiro atoms. The van der Waals surface area contributed by atoms with E-state index >= 15 is 0 Å². The van der Waals surface area contributed by atoms with Crippen LogP contribution in [0.2, 0.25) is 0 Å². The lowest BCUT2D eigenvalue weighted by molar-refractivity contribution is -0.125. The molecule has 2 N–H and O–H groups in total. The smallest absolute Gasteiger partial charge is 0.231 e. The summed E-state index contributed by atoms with van der Waals surface area (Å²) in [4.78, 5) is 16.7. The van der Waals surface area contributed by atoms with Crippen molar-refractivity contribution in [3.05, 3.63) is 36.5 Å².